The normalized spacial score (nSPS) is 18.6. The Labute approximate surface area is 316 Å². The summed E-state index contributed by atoms with van der Waals surface area (Å²) in [6.45, 7) is 7.45. The van der Waals surface area contributed by atoms with Gasteiger partial charge in [0, 0.05) is 55.9 Å². The van der Waals surface area contributed by atoms with E-state index in [1.54, 1.807) is 29.2 Å². The lowest BCUT2D eigenvalue weighted by Gasteiger charge is -2.40. The summed E-state index contributed by atoms with van der Waals surface area (Å²) in [7, 11) is 0. The van der Waals surface area contributed by atoms with E-state index in [0.717, 1.165) is 46.0 Å². The van der Waals surface area contributed by atoms with E-state index in [4.69, 9.17) is 4.74 Å². The minimum Gasteiger partial charge on any atom is -0.444 e. The zero-order chi connectivity index (χ0) is 37.6. The third-order valence-corrected chi connectivity index (χ3v) is 10.9. The number of nitrogens with zero attached hydrogens (tertiary/aromatic N) is 4. The Morgan fingerprint density at radius 3 is 2.15 bits per heavy atom. The summed E-state index contributed by atoms with van der Waals surface area (Å²) in [6, 6.07) is 33.9. The molecule has 2 aliphatic heterocycles. The molecule has 3 heterocycles. The highest BCUT2D eigenvalue weighted by Gasteiger charge is 2.44. The van der Waals surface area contributed by atoms with Crippen LogP contribution in [0.1, 0.15) is 77.8 Å². The Morgan fingerprint density at radius 1 is 0.778 bits per heavy atom. The van der Waals surface area contributed by atoms with Crippen LogP contribution < -0.4 is 0 Å². The molecule has 9 heteroatoms. The molecule has 0 unspecified atom stereocenters. The number of piperidine rings is 1. The number of rotatable bonds is 9. The van der Waals surface area contributed by atoms with Gasteiger partial charge in [-0.2, -0.15) is 0 Å². The third-order valence-electron chi connectivity index (χ3n) is 10.9. The number of benzene rings is 4. The molecule has 3 aliphatic rings. The zero-order valence-corrected chi connectivity index (χ0v) is 31.1. The number of ether oxygens (including phenoxy) is 1. The van der Waals surface area contributed by atoms with Gasteiger partial charge >= 0.3 is 6.09 Å². The molecule has 5 aromatic rings. The number of imide groups is 1. The van der Waals surface area contributed by atoms with E-state index in [0.29, 0.717) is 37.2 Å². The molecule has 9 nitrogen and oxygen atoms in total. The van der Waals surface area contributed by atoms with Crippen molar-refractivity contribution in [3.05, 3.63) is 132 Å². The van der Waals surface area contributed by atoms with Crippen LogP contribution in [0.4, 0.5) is 4.79 Å². The van der Waals surface area contributed by atoms with Gasteiger partial charge in [-0.25, -0.2) is 4.79 Å². The van der Waals surface area contributed by atoms with Gasteiger partial charge in [0.25, 0.3) is 11.8 Å². The highest BCUT2D eigenvalue weighted by Crippen LogP contribution is 2.40. The summed E-state index contributed by atoms with van der Waals surface area (Å²) in [5, 5.41) is 1.03. The predicted octanol–water partition coefficient (Wildman–Crippen LogP) is 8.14. The third kappa shape index (κ3) is 7.02. The fourth-order valence-corrected chi connectivity index (χ4v) is 8.13. The quantitative estimate of drug-likeness (QED) is 0.143. The van der Waals surface area contributed by atoms with Crippen molar-refractivity contribution in [1.29, 1.82) is 0 Å². The minimum atomic E-state index is -0.648. The Morgan fingerprint density at radius 2 is 1.44 bits per heavy atom. The van der Waals surface area contributed by atoms with E-state index in [-0.39, 0.29) is 42.8 Å². The fraction of sp³-hybridized carbons (Fsp3) is 0.333. The fourth-order valence-electron chi connectivity index (χ4n) is 8.13. The first kappa shape index (κ1) is 35.3. The van der Waals surface area contributed by atoms with Gasteiger partial charge < -0.3 is 19.1 Å². The molecule has 0 N–H and O–H groups in total. The van der Waals surface area contributed by atoms with Crippen LogP contribution in [-0.4, -0.2) is 74.4 Å². The van der Waals surface area contributed by atoms with Crippen LogP contribution in [0.3, 0.4) is 0 Å². The van der Waals surface area contributed by atoms with Gasteiger partial charge in [-0.05, 0) is 86.4 Å². The molecule has 4 amide bonds. The number of fused-ring (bicyclic) bond motifs is 2. The van der Waals surface area contributed by atoms with Gasteiger partial charge in [-0.1, -0.05) is 84.9 Å². The SMILES string of the molecule is CC(C)(C)OC(=O)N1CC[C@H](c2cccc(-c3ccccc3)c2)[C@@H](C(=O)N(Cc2cn(CCN3C(=O)c4ccccc4C3=O)c3ccccc23)C2CC2)C1. The largest absolute Gasteiger partial charge is 0.444 e. The Hall–Kier alpha value is -5.70. The maximum atomic E-state index is 15.1. The van der Waals surface area contributed by atoms with Gasteiger partial charge in [0.2, 0.25) is 5.91 Å². The van der Waals surface area contributed by atoms with E-state index in [9.17, 15) is 14.4 Å². The molecule has 2 atom stereocenters. The maximum Gasteiger partial charge on any atom is 0.410 e. The lowest BCUT2D eigenvalue weighted by molar-refractivity contribution is -0.139. The molecule has 1 aliphatic carbocycles. The monoisotopic (exact) mass is 722 g/mol. The second-order valence-electron chi connectivity index (χ2n) is 15.8. The van der Waals surface area contributed by atoms with Crippen LogP contribution in [0, 0.1) is 5.92 Å². The molecule has 4 aromatic carbocycles. The molecule has 276 valence electrons. The standard InChI is InChI=1S/C45H46N4O5/c1-45(2,3)54-44(53)47-23-22-35(32-15-11-14-31(26-32)30-12-5-4-6-13-30)39(29-47)43(52)49(34-20-21-34)28-33-27-46(40-19-10-9-16-36(33)40)24-25-48-41(50)37-17-7-8-18-38(37)42(48)51/h4-19,26-27,34-35,39H,20-25,28-29H2,1-3H3/t35-,39+/m1/s1. The average Bonchev–Trinajstić information content (AvgIpc) is 3.93. The van der Waals surface area contributed by atoms with Crippen LogP contribution in [0.25, 0.3) is 22.0 Å². The van der Waals surface area contributed by atoms with E-state index in [1.807, 2.05) is 62.1 Å². The second kappa shape index (κ2) is 14.3. The van der Waals surface area contributed by atoms with Crippen LogP contribution in [-0.2, 0) is 22.6 Å². The van der Waals surface area contributed by atoms with Gasteiger partial charge in [-0.15, -0.1) is 0 Å². The predicted molar refractivity (Wildman–Crippen MR) is 208 cm³/mol. The number of hydrogen-bond donors (Lipinski definition) is 0. The van der Waals surface area contributed by atoms with Gasteiger partial charge in [0.05, 0.1) is 17.0 Å². The molecule has 54 heavy (non-hydrogen) atoms. The molecule has 8 rings (SSSR count). The van der Waals surface area contributed by atoms with Crippen molar-refractivity contribution in [2.45, 2.75) is 70.7 Å². The van der Waals surface area contributed by atoms with Crippen molar-refractivity contribution < 1.29 is 23.9 Å². The summed E-state index contributed by atoms with van der Waals surface area (Å²) < 4.78 is 7.89. The van der Waals surface area contributed by atoms with E-state index in [1.165, 1.54) is 4.90 Å². The molecule has 2 fully saturated rings. The number of para-hydroxylation sites is 1. The first-order valence-electron chi connectivity index (χ1n) is 19.0. The highest BCUT2D eigenvalue weighted by molar-refractivity contribution is 6.21. The summed E-state index contributed by atoms with van der Waals surface area (Å²) in [5.41, 5.74) is 5.54. The lowest BCUT2D eigenvalue weighted by Crippen LogP contribution is -2.51. The Balaban J connectivity index is 1.08. The number of hydrogen-bond acceptors (Lipinski definition) is 5. The average molecular weight is 723 g/mol. The van der Waals surface area contributed by atoms with Crippen LogP contribution in [0.2, 0.25) is 0 Å². The first-order valence-corrected chi connectivity index (χ1v) is 19.0. The number of aromatic nitrogens is 1. The molecule has 1 aromatic heterocycles. The zero-order valence-electron chi connectivity index (χ0n) is 31.1. The van der Waals surface area contributed by atoms with Crippen molar-refractivity contribution in [1.82, 2.24) is 19.3 Å². The number of amides is 4. The van der Waals surface area contributed by atoms with E-state index >= 15 is 4.79 Å². The highest BCUT2D eigenvalue weighted by atomic mass is 16.6. The Bertz CT molecular complexity index is 2200. The van der Waals surface area contributed by atoms with Gasteiger partial charge in [-0.3, -0.25) is 19.3 Å². The van der Waals surface area contributed by atoms with Gasteiger partial charge in [0.15, 0.2) is 0 Å². The number of carbonyl (C=O) groups excluding carboxylic acids is 4. The Kier molecular flexibility index (Phi) is 9.34. The second-order valence-corrected chi connectivity index (χ2v) is 15.8. The summed E-state index contributed by atoms with van der Waals surface area (Å²) in [5.74, 6) is -1.03. The van der Waals surface area contributed by atoms with Crippen LogP contribution >= 0.6 is 0 Å². The summed E-state index contributed by atoms with van der Waals surface area (Å²) in [4.78, 5) is 59.8. The van der Waals surface area contributed by atoms with Crippen molar-refractivity contribution in [2.24, 2.45) is 5.92 Å². The van der Waals surface area contributed by atoms with Crippen LogP contribution in [0.5, 0.6) is 0 Å². The summed E-state index contributed by atoms with van der Waals surface area (Å²) >= 11 is 0. The molecule has 0 bridgehead atoms. The minimum absolute atomic E-state index is 0.0451. The smallest absolute Gasteiger partial charge is 0.410 e. The molecule has 0 radical (unpaired) electrons. The van der Waals surface area contributed by atoms with Gasteiger partial charge in [0.1, 0.15) is 5.60 Å². The molecule has 1 saturated heterocycles. The maximum absolute atomic E-state index is 15.1. The van der Waals surface area contributed by atoms with Crippen molar-refractivity contribution in [3.63, 3.8) is 0 Å². The van der Waals surface area contributed by atoms with Crippen molar-refractivity contribution in [3.8, 4) is 11.1 Å². The van der Waals surface area contributed by atoms with E-state index < -0.39 is 17.6 Å². The molecule has 1 saturated carbocycles. The number of likely N-dealkylation sites (tertiary alicyclic amines) is 1. The van der Waals surface area contributed by atoms with Crippen LogP contribution in [0.15, 0.2) is 109 Å². The molecule has 0 spiro atoms. The lowest BCUT2D eigenvalue weighted by atomic mass is 9.79. The summed E-state index contributed by atoms with van der Waals surface area (Å²) in [6.07, 6.45) is 4.18. The molecular weight excluding hydrogens is 677 g/mol. The van der Waals surface area contributed by atoms with Crippen molar-refractivity contribution in [2.75, 3.05) is 19.6 Å². The first-order chi connectivity index (χ1) is 26.1. The van der Waals surface area contributed by atoms with E-state index in [2.05, 4.69) is 53.2 Å². The number of carbonyl (C=O) groups is 4. The molecular formula is C45H46N4O5. The topological polar surface area (TPSA) is 92.2 Å². The van der Waals surface area contributed by atoms with Crippen molar-refractivity contribution >= 4 is 34.7 Å².